The molecule has 34 heavy (non-hydrogen) atoms. The first-order valence-electron chi connectivity index (χ1n) is 10.7. The first kappa shape index (κ1) is 23.7. The number of nitrogens with one attached hydrogen (secondary N) is 1. The number of Topliss-reactive ketones (excluding diaryl/α,β-unsaturated/α-hetero) is 2. The van der Waals surface area contributed by atoms with E-state index in [4.69, 9.17) is 9.47 Å². The van der Waals surface area contributed by atoms with E-state index in [-0.39, 0.29) is 29.7 Å². The Morgan fingerprint density at radius 1 is 0.971 bits per heavy atom. The van der Waals surface area contributed by atoms with Crippen molar-refractivity contribution in [2.75, 3.05) is 20.3 Å². The molecule has 0 aliphatic heterocycles. The topological polar surface area (TPSA) is 81.7 Å². The van der Waals surface area contributed by atoms with Gasteiger partial charge in [0.2, 0.25) is 0 Å². The Morgan fingerprint density at radius 2 is 1.62 bits per heavy atom. The molecule has 6 nitrogen and oxygen atoms in total. The second-order valence-electron chi connectivity index (χ2n) is 7.67. The molecule has 1 aliphatic rings. The first-order chi connectivity index (χ1) is 16.5. The Morgan fingerprint density at radius 3 is 2.26 bits per heavy atom. The van der Waals surface area contributed by atoms with Gasteiger partial charge in [-0.05, 0) is 58.3 Å². The number of carbonyl (C=O) groups excluding carboxylic acids is 3. The lowest BCUT2D eigenvalue weighted by Gasteiger charge is -2.14. The average molecular weight is 567 g/mol. The van der Waals surface area contributed by atoms with Crippen molar-refractivity contribution in [2.45, 2.75) is 6.42 Å². The summed E-state index contributed by atoms with van der Waals surface area (Å²) in [6.45, 7) is 0.352. The Labute approximate surface area is 211 Å². The van der Waals surface area contributed by atoms with Gasteiger partial charge in [0.15, 0.2) is 29.7 Å². The van der Waals surface area contributed by atoms with Crippen LogP contribution in [-0.2, 0) is 11.2 Å². The van der Waals surface area contributed by atoms with Gasteiger partial charge in [-0.3, -0.25) is 14.4 Å². The summed E-state index contributed by atoms with van der Waals surface area (Å²) in [5.74, 6) is 0.0195. The molecule has 7 heteroatoms. The number of amides is 1. The molecule has 1 aliphatic carbocycles. The second-order valence-corrected chi connectivity index (χ2v) is 8.83. The van der Waals surface area contributed by atoms with E-state index < -0.39 is 0 Å². The fourth-order valence-electron chi connectivity index (χ4n) is 3.71. The van der Waals surface area contributed by atoms with Gasteiger partial charge < -0.3 is 14.8 Å². The van der Waals surface area contributed by atoms with E-state index in [9.17, 15) is 14.4 Å². The highest BCUT2D eigenvalue weighted by atomic mass is 127. The van der Waals surface area contributed by atoms with Crippen molar-refractivity contribution < 1.29 is 23.9 Å². The lowest BCUT2D eigenvalue weighted by molar-refractivity contribution is -0.123. The molecule has 0 saturated carbocycles. The van der Waals surface area contributed by atoms with Gasteiger partial charge in [0.1, 0.15) is 0 Å². The van der Waals surface area contributed by atoms with Crippen molar-refractivity contribution in [3.8, 4) is 11.5 Å². The Bertz CT molecular complexity index is 1250. The van der Waals surface area contributed by atoms with Gasteiger partial charge in [0, 0.05) is 17.7 Å². The fourth-order valence-corrected chi connectivity index (χ4v) is 4.49. The van der Waals surface area contributed by atoms with E-state index in [0.29, 0.717) is 38.3 Å². The van der Waals surface area contributed by atoms with Crippen LogP contribution in [0.1, 0.15) is 31.8 Å². The molecule has 0 aromatic heterocycles. The Balaban J connectivity index is 1.43. The quantitative estimate of drug-likeness (QED) is 0.247. The molecule has 3 aromatic rings. The maximum absolute atomic E-state index is 12.7. The van der Waals surface area contributed by atoms with Crippen LogP contribution in [0.2, 0.25) is 0 Å². The zero-order chi connectivity index (χ0) is 24.1. The number of methoxy groups -OCH3 is 1. The minimum atomic E-state index is -0.290. The first-order valence-corrected chi connectivity index (χ1v) is 11.8. The molecule has 0 saturated heterocycles. The van der Waals surface area contributed by atoms with Crippen molar-refractivity contribution in [1.29, 1.82) is 0 Å². The highest BCUT2D eigenvalue weighted by molar-refractivity contribution is 14.1. The molecule has 0 fully saturated rings. The SMILES string of the molecule is COc1cc(C=C2C(=O)c3ccccc3C2=O)cc(I)c1OCC(=O)NCCc1ccccc1. The third-order valence-electron chi connectivity index (χ3n) is 5.39. The summed E-state index contributed by atoms with van der Waals surface area (Å²) < 4.78 is 11.9. The molecule has 0 bridgehead atoms. The summed E-state index contributed by atoms with van der Waals surface area (Å²) in [7, 11) is 1.50. The number of ether oxygens (including phenoxy) is 2. The molecule has 3 aromatic carbocycles. The molecular formula is C27H22INO5. The Kier molecular flexibility index (Phi) is 7.42. The van der Waals surface area contributed by atoms with Crippen molar-refractivity contribution in [1.82, 2.24) is 5.32 Å². The number of benzene rings is 3. The predicted octanol–water partition coefficient (Wildman–Crippen LogP) is 4.50. The van der Waals surface area contributed by atoms with Gasteiger partial charge in [-0.15, -0.1) is 0 Å². The Hall–Kier alpha value is -3.46. The second kappa shape index (κ2) is 10.6. The van der Waals surface area contributed by atoms with Gasteiger partial charge in [-0.2, -0.15) is 0 Å². The van der Waals surface area contributed by atoms with Gasteiger partial charge in [0.05, 0.1) is 16.3 Å². The van der Waals surface area contributed by atoms with Crippen molar-refractivity contribution >= 4 is 46.1 Å². The standard InChI is InChI=1S/C27H22INO5/c1-33-23-15-18(13-21-25(31)19-9-5-6-10-20(19)26(21)32)14-22(28)27(23)34-16-24(30)29-12-11-17-7-3-2-4-8-17/h2-10,13-15H,11-12,16H2,1H3,(H,29,30). The molecule has 1 amide bonds. The van der Waals surface area contributed by atoms with Crippen LogP contribution in [0.3, 0.4) is 0 Å². The van der Waals surface area contributed by atoms with Gasteiger partial charge in [-0.1, -0.05) is 54.6 Å². The van der Waals surface area contributed by atoms with Gasteiger partial charge in [-0.25, -0.2) is 0 Å². The predicted molar refractivity (Wildman–Crippen MR) is 137 cm³/mol. The molecule has 1 N–H and O–H groups in total. The molecular weight excluding hydrogens is 545 g/mol. The lowest BCUT2D eigenvalue weighted by atomic mass is 10.1. The highest BCUT2D eigenvalue weighted by Crippen LogP contribution is 2.36. The summed E-state index contributed by atoms with van der Waals surface area (Å²) in [6, 6.07) is 20.2. The molecule has 0 unspecified atom stereocenters. The van der Waals surface area contributed by atoms with Crippen molar-refractivity contribution in [3.63, 3.8) is 0 Å². The van der Waals surface area contributed by atoms with E-state index in [1.54, 1.807) is 42.5 Å². The van der Waals surface area contributed by atoms with Crippen LogP contribution in [0, 0.1) is 3.57 Å². The zero-order valence-electron chi connectivity index (χ0n) is 18.5. The third kappa shape index (κ3) is 5.20. The number of rotatable bonds is 8. The average Bonchev–Trinajstić information content (AvgIpc) is 3.08. The summed E-state index contributed by atoms with van der Waals surface area (Å²) in [5.41, 5.74) is 2.72. The molecule has 0 spiro atoms. The van der Waals surface area contributed by atoms with Crippen LogP contribution in [0.15, 0.2) is 72.3 Å². The largest absolute Gasteiger partial charge is 0.493 e. The number of hydrogen-bond donors (Lipinski definition) is 1. The smallest absolute Gasteiger partial charge is 0.257 e. The van der Waals surface area contributed by atoms with Crippen LogP contribution in [0.5, 0.6) is 11.5 Å². The van der Waals surface area contributed by atoms with Crippen molar-refractivity contribution in [3.05, 3.63) is 98.1 Å². The minimum Gasteiger partial charge on any atom is -0.493 e. The number of hydrogen-bond acceptors (Lipinski definition) is 5. The molecule has 0 atom stereocenters. The monoisotopic (exact) mass is 567 g/mol. The van der Waals surface area contributed by atoms with Gasteiger partial charge >= 0.3 is 0 Å². The van der Waals surface area contributed by atoms with Crippen LogP contribution < -0.4 is 14.8 Å². The van der Waals surface area contributed by atoms with E-state index >= 15 is 0 Å². The zero-order valence-corrected chi connectivity index (χ0v) is 20.6. The van der Waals surface area contributed by atoms with Crippen LogP contribution >= 0.6 is 22.6 Å². The van der Waals surface area contributed by atoms with E-state index in [2.05, 4.69) is 27.9 Å². The van der Waals surface area contributed by atoms with Crippen LogP contribution in [0.25, 0.3) is 6.08 Å². The lowest BCUT2D eigenvalue weighted by Crippen LogP contribution is -2.30. The molecule has 0 radical (unpaired) electrons. The summed E-state index contributed by atoms with van der Waals surface area (Å²) in [6.07, 6.45) is 2.30. The fraction of sp³-hybridized carbons (Fsp3) is 0.148. The number of carbonyl (C=O) groups is 3. The molecule has 172 valence electrons. The summed E-state index contributed by atoms with van der Waals surface area (Å²) in [5, 5.41) is 2.84. The number of halogens is 1. The van der Waals surface area contributed by atoms with Gasteiger partial charge in [0.25, 0.3) is 5.91 Å². The summed E-state index contributed by atoms with van der Waals surface area (Å²) in [4.78, 5) is 37.6. The van der Waals surface area contributed by atoms with E-state index in [0.717, 1.165) is 12.0 Å². The highest BCUT2D eigenvalue weighted by Gasteiger charge is 2.32. The van der Waals surface area contributed by atoms with E-state index in [1.165, 1.54) is 7.11 Å². The minimum absolute atomic E-state index is 0.116. The third-order valence-corrected chi connectivity index (χ3v) is 6.20. The maximum Gasteiger partial charge on any atom is 0.257 e. The van der Waals surface area contributed by atoms with Crippen LogP contribution in [0.4, 0.5) is 0 Å². The molecule has 0 heterocycles. The summed E-state index contributed by atoms with van der Waals surface area (Å²) >= 11 is 2.08. The number of fused-ring (bicyclic) bond motifs is 1. The number of ketones is 2. The number of allylic oxidation sites excluding steroid dienone is 1. The van der Waals surface area contributed by atoms with E-state index in [1.807, 2.05) is 30.3 Å². The molecule has 4 rings (SSSR count). The maximum atomic E-state index is 12.7. The van der Waals surface area contributed by atoms with Crippen LogP contribution in [-0.4, -0.2) is 37.7 Å². The normalized spacial score (nSPS) is 12.4. The van der Waals surface area contributed by atoms with Crippen molar-refractivity contribution in [2.24, 2.45) is 0 Å².